The molecule has 0 heterocycles. The van der Waals surface area contributed by atoms with Gasteiger partial charge in [-0.3, -0.25) is 4.57 Å². The molecule has 0 saturated heterocycles. The first kappa shape index (κ1) is 40.0. The fourth-order valence-electron chi connectivity index (χ4n) is 4.72. The number of likely N-dealkylation sites (N-methyl/N-ethyl adjacent to an activating group) is 1. The van der Waals surface area contributed by atoms with Crippen molar-refractivity contribution in [2.45, 2.75) is 154 Å². The van der Waals surface area contributed by atoms with Gasteiger partial charge in [-0.25, -0.2) is 0 Å². The number of rotatable bonds is 32. The van der Waals surface area contributed by atoms with Crippen LogP contribution in [-0.4, -0.2) is 69.8 Å². The van der Waals surface area contributed by atoms with E-state index < -0.39 is 13.9 Å². The van der Waals surface area contributed by atoms with Crippen LogP contribution in [0.2, 0.25) is 0 Å². The molecule has 1 N–H and O–H groups in total. The summed E-state index contributed by atoms with van der Waals surface area (Å²) in [7, 11) is 1.45. The molecule has 0 aromatic heterocycles. The second-order valence-electron chi connectivity index (χ2n) is 12.7. The van der Waals surface area contributed by atoms with Gasteiger partial charge in [0.25, 0.3) is 7.82 Å². The minimum absolute atomic E-state index is 0.0520. The average molecular weight is 594 g/mol. The minimum atomic E-state index is -4.39. The lowest BCUT2D eigenvalue weighted by molar-refractivity contribution is -0.870. The number of phosphoric acid groups is 1. The van der Waals surface area contributed by atoms with Crippen LogP contribution in [0.3, 0.4) is 0 Å². The SMILES string of the molecule is CCCCCCCCCCCCCCCCCCCCCCCCOCC(O)COP(=O)([O-])OCC[N+](C)(C)C. The van der Waals surface area contributed by atoms with E-state index in [0.29, 0.717) is 17.6 Å². The maximum Gasteiger partial charge on any atom is 0.268 e. The van der Waals surface area contributed by atoms with Crippen LogP contribution in [0.25, 0.3) is 0 Å². The molecule has 0 aromatic rings. The Hall–Kier alpha value is -0.0100. The highest BCUT2D eigenvalue weighted by molar-refractivity contribution is 7.45. The third-order valence-corrected chi connectivity index (χ3v) is 8.35. The first-order chi connectivity index (χ1) is 19.2. The monoisotopic (exact) mass is 593 g/mol. The first-order valence-corrected chi connectivity index (χ1v) is 18.3. The van der Waals surface area contributed by atoms with Crippen molar-refractivity contribution in [3.63, 3.8) is 0 Å². The van der Waals surface area contributed by atoms with E-state index in [4.69, 9.17) is 13.8 Å². The number of ether oxygens (including phenoxy) is 1. The van der Waals surface area contributed by atoms with Crippen molar-refractivity contribution >= 4 is 7.82 Å². The highest BCUT2D eigenvalue weighted by Crippen LogP contribution is 2.38. The lowest BCUT2D eigenvalue weighted by atomic mass is 10.0. The number of nitrogens with zero attached hydrogens (tertiary/aromatic N) is 1. The van der Waals surface area contributed by atoms with Gasteiger partial charge in [0.15, 0.2) is 0 Å². The summed E-state index contributed by atoms with van der Waals surface area (Å²) < 4.78 is 27.4. The van der Waals surface area contributed by atoms with Crippen molar-refractivity contribution in [1.82, 2.24) is 0 Å². The van der Waals surface area contributed by atoms with Gasteiger partial charge in [0, 0.05) is 6.61 Å². The molecule has 0 fully saturated rings. The van der Waals surface area contributed by atoms with Gasteiger partial charge < -0.3 is 28.3 Å². The molecule has 2 atom stereocenters. The van der Waals surface area contributed by atoms with Crippen molar-refractivity contribution < 1.29 is 32.8 Å². The molecule has 0 rings (SSSR count). The Morgan fingerprint density at radius 3 is 1.35 bits per heavy atom. The number of aliphatic hydroxyl groups excluding tert-OH is 1. The quantitative estimate of drug-likeness (QED) is 0.0481. The highest BCUT2D eigenvalue weighted by Gasteiger charge is 2.15. The Morgan fingerprint density at radius 1 is 0.600 bits per heavy atom. The molecule has 2 unspecified atom stereocenters. The smallest absolute Gasteiger partial charge is 0.268 e. The predicted octanol–water partition coefficient (Wildman–Crippen LogP) is 8.17. The van der Waals surface area contributed by atoms with Crippen LogP contribution >= 0.6 is 7.82 Å². The summed E-state index contributed by atoms with van der Waals surface area (Å²) in [6.45, 7) is 3.18. The Kier molecular flexibility index (Phi) is 27.8. The van der Waals surface area contributed by atoms with Gasteiger partial charge >= 0.3 is 0 Å². The van der Waals surface area contributed by atoms with Crippen LogP contribution in [0.4, 0.5) is 0 Å². The number of unbranched alkanes of at least 4 members (excludes halogenated alkanes) is 21. The van der Waals surface area contributed by atoms with Gasteiger partial charge in [-0.05, 0) is 6.42 Å². The molecule has 0 aliphatic rings. The second-order valence-corrected chi connectivity index (χ2v) is 14.2. The minimum Gasteiger partial charge on any atom is -0.756 e. The Bertz CT molecular complexity index is 572. The molecule has 0 radical (unpaired) electrons. The maximum atomic E-state index is 11.7. The fourth-order valence-corrected chi connectivity index (χ4v) is 5.46. The van der Waals surface area contributed by atoms with Gasteiger partial charge in [-0.2, -0.15) is 0 Å². The molecule has 0 saturated carbocycles. The Labute approximate surface area is 249 Å². The number of hydrogen-bond donors (Lipinski definition) is 1. The molecular weight excluding hydrogens is 525 g/mol. The maximum absolute atomic E-state index is 11.7. The summed E-state index contributed by atoms with van der Waals surface area (Å²) in [4.78, 5) is 11.7. The van der Waals surface area contributed by atoms with E-state index in [0.717, 1.165) is 12.8 Å². The zero-order chi connectivity index (χ0) is 29.8. The topological polar surface area (TPSA) is 88.0 Å². The van der Waals surface area contributed by atoms with Crippen LogP contribution in [0.5, 0.6) is 0 Å². The number of hydrogen-bond acceptors (Lipinski definition) is 6. The second kappa shape index (κ2) is 27.8. The molecular formula is C32H68NO6P. The van der Waals surface area contributed by atoms with Crippen LogP contribution in [0.15, 0.2) is 0 Å². The van der Waals surface area contributed by atoms with Crippen molar-refractivity contribution in [3.8, 4) is 0 Å². The summed E-state index contributed by atoms with van der Waals surface area (Å²) in [6.07, 6.45) is 29.0. The summed E-state index contributed by atoms with van der Waals surface area (Å²) in [5.41, 5.74) is 0. The third-order valence-electron chi connectivity index (χ3n) is 7.39. The number of phosphoric ester groups is 1. The molecule has 0 aromatic carbocycles. The summed E-state index contributed by atoms with van der Waals surface area (Å²) in [5.74, 6) is 0. The van der Waals surface area contributed by atoms with Crippen molar-refractivity contribution in [2.24, 2.45) is 0 Å². The summed E-state index contributed by atoms with van der Waals surface area (Å²) >= 11 is 0. The highest BCUT2D eigenvalue weighted by atomic mass is 31.2. The van der Waals surface area contributed by atoms with Gasteiger partial charge in [-0.1, -0.05) is 142 Å². The van der Waals surface area contributed by atoms with Crippen LogP contribution < -0.4 is 4.89 Å². The van der Waals surface area contributed by atoms with Crippen LogP contribution in [0, 0.1) is 0 Å². The van der Waals surface area contributed by atoms with Crippen molar-refractivity contribution in [3.05, 3.63) is 0 Å². The molecule has 0 aliphatic heterocycles. The Morgan fingerprint density at radius 2 is 0.975 bits per heavy atom. The summed E-state index contributed by atoms with van der Waals surface area (Å²) in [5, 5.41) is 9.88. The lowest BCUT2D eigenvalue weighted by Crippen LogP contribution is -2.37. The molecule has 7 nitrogen and oxygen atoms in total. The normalized spacial score (nSPS) is 14.4. The van der Waals surface area contributed by atoms with E-state index in [1.54, 1.807) is 0 Å². The fraction of sp³-hybridized carbons (Fsp3) is 1.00. The zero-order valence-electron chi connectivity index (χ0n) is 27.1. The molecule has 40 heavy (non-hydrogen) atoms. The largest absolute Gasteiger partial charge is 0.756 e. The molecule has 0 amide bonds. The van der Waals surface area contributed by atoms with E-state index in [9.17, 15) is 14.6 Å². The van der Waals surface area contributed by atoms with Crippen molar-refractivity contribution in [1.29, 1.82) is 0 Å². The standard InChI is InChI=1S/C32H68NO6P/c1-5-6-7-8-9-10-11-12-13-14-15-16-17-18-19-20-21-22-23-24-25-26-28-37-30-32(34)31-39-40(35,36)38-29-27-33(2,3)4/h32,34H,5-31H2,1-4H3. The number of aliphatic hydroxyl groups is 1. The van der Waals surface area contributed by atoms with Gasteiger partial charge in [0.2, 0.25) is 0 Å². The molecule has 242 valence electrons. The third kappa shape index (κ3) is 32.5. The zero-order valence-corrected chi connectivity index (χ0v) is 27.9. The Balaban J connectivity index is 3.29. The first-order valence-electron chi connectivity index (χ1n) is 16.8. The van der Waals surface area contributed by atoms with Crippen LogP contribution in [0.1, 0.15) is 148 Å². The lowest BCUT2D eigenvalue weighted by Gasteiger charge is -2.27. The molecule has 0 spiro atoms. The van der Waals surface area contributed by atoms with Gasteiger partial charge in [-0.15, -0.1) is 0 Å². The van der Waals surface area contributed by atoms with E-state index in [1.807, 2.05) is 21.1 Å². The van der Waals surface area contributed by atoms with Crippen molar-refractivity contribution in [2.75, 3.05) is 54.1 Å². The van der Waals surface area contributed by atoms with E-state index in [2.05, 4.69) is 6.92 Å². The number of quaternary nitrogens is 1. The molecule has 8 heteroatoms. The summed E-state index contributed by atoms with van der Waals surface area (Å²) in [6, 6.07) is 0. The molecule has 0 bridgehead atoms. The van der Waals surface area contributed by atoms with E-state index in [1.165, 1.54) is 128 Å². The molecule has 0 aliphatic carbocycles. The van der Waals surface area contributed by atoms with Crippen LogP contribution in [-0.2, 0) is 18.3 Å². The van der Waals surface area contributed by atoms with Gasteiger partial charge in [0.1, 0.15) is 19.3 Å². The van der Waals surface area contributed by atoms with E-state index in [-0.39, 0.29) is 19.8 Å². The predicted molar refractivity (Wildman–Crippen MR) is 166 cm³/mol. The van der Waals surface area contributed by atoms with Gasteiger partial charge in [0.05, 0.1) is 34.4 Å². The average Bonchev–Trinajstić information content (AvgIpc) is 2.89. The van der Waals surface area contributed by atoms with E-state index >= 15 is 0 Å².